The van der Waals surface area contributed by atoms with Crippen LogP contribution in [0.25, 0.3) is 0 Å². The Kier molecular flexibility index (Phi) is 7.49. The molecule has 0 aliphatic carbocycles. The van der Waals surface area contributed by atoms with Crippen LogP contribution in [0.1, 0.15) is 27.2 Å². The number of carbonyl (C=O) groups is 2. The number of esters is 1. The third-order valence-electron chi connectivity index (χ3n) is 2.25. The van der Waals surface area contributed by atoms with Crippen molar-refractivity contribution in [3.63, 3.8) is 0 Å². The van der Waals surface area contributed by atoms with Crippen LogP contribution in [0.5, 0.6) is 0 Å². The maximum Gasteiger partial charge on any atom is 0.308 e. The number of rotatable bonds is 8. The zero-order valence-corrected chi connectivity index (χ0v) is 10.6. The predicted octanol–water partition coefficient (Wildman–Crippen LogP) is -0.600. The number of nitrogens with two attached hydrogens (primary N) is 1. The summed E-state index contributed by atoms with van der Waals surface area (Å²) in [6.07, 6.45) is -0.973. The molecule has 0 aromatic heterocycles. The van der Waals surface area contributed by atoms with Gasteiger partial charge in [-0.1, -0.05) is 13.8 Å². The highest BCUT2D eigenvalue weighted by molar-refractivity contribution is 5.80. The summed E-state index contributed by atoms with van der Waals surface area (Å²) in [6, 6.07) is -0.508. The van der Waals surface area contributed by atoms with E-state index in [1.54, 1.807) is 6.92 Å². The van der Waals surface area contributed by atoms with Crippen LogP contribution in [-0.2, 0) is 14.3 Å². The Hall–Kier alpha value is -1.14. The van der Waals surface area contributed by atoms with Crippen molar-refractivity contribution in [1.82, 2.24) is 5.32 Å². The normalized spacial score (nSPS) is 14.4. The number of ether oxygens (including phenoxy) is 1. The molecule has 0 radical (unpaired) electrons. The summed E-state index contributed by atoms with van der Waals surface area (Å²) >= 11 is 0. The lowest BCUT2D eigenvalue weighted by molar-refractivity contribution is -0.145. The first-order chi connectivity index (χ1) is 7.88. The molecule has 0 heterocycles. The van der Waals surface area contributed by atoms with Gasteiger partial charge in [-0.05, 0) is 12.8 Å². The number of primary amides is 1. The first-order valence-electron chi connectivity index (χ1n) is 5.74. The molecule has 6 nitrogen and oxygen atoms in total. The van der Waals surface area contributed by atoms with Crippen LogP contribution in [-0.4, -0.2) is 42.3 Å². The molecule has 17 heavy (non-hydrogen) atoms. The summed E-state index contributed by atoms with van der Waals surface area (Å²) in [7, 11) is 0. The molecule has 1 amide bonds. The molecule has 0 aromatic rings. The molecule has 0 rings (SSSR count). The van der Waals surface area contributed by atoms with Crippen molar-refractivity contribution in [1.29, 1.82) is 0 Å². The summed E-state index contributed by atoms with van der Waals surface area (Å²) in [5.74, 6) is -0.896. The van der Waals surface area contributed by atoms with Gasteiger partial charge in [0.25, 0.3) is 0 Å². The number of aliphatic hydroxyl groups is 1. The molecule has 100 valence electrons. The van der Waals surface area contributed by atoms with E-state index < -0.39 is 24.0 Å². The Morgan fingerprint density at radius 3 is 2.41 bits per heavy atom. The molecule has 0 aliphatic heterocycles. The van der Waals surface area contributed by atoms with Gasteiger partial charge in [0, 0.05) is 6.54 Å². The van der Waals surface area contributed by atoms with E-state index in [0.29, 0.717) is 0 Å². The van der Waals surface area contributed by atoms with Crippen LogP contribution in [0.2, 0.25) is 0 Å². The largest absolute Gasteiger partial charge is 0.466 e. The second kappa shape index (κ2) is 8.03. The summed E-state index contributed by atoms with van der Waals surface area (Å²) in [6.45, 7) is 5.81. The van der Waals surface area contributed by atoms with E-state index in [0.717, 1.165) is 0 Å². The fourth-order valence-corrected chi connectivity index (χ4v) is 1.41. The van der Waals surface area contributed by atoms with Crippen molar-refractivity contribution < 1.29 is 19.4 Å². The first-order valence-corrected chi connectivity index (χ1v) is 5.74. The molecule has 2 unspecified atom stereocenters. The van der Waals surface area contributed by atoms with Crippen LogP contribution < -0.4 is 11.1 Å². The Morgan fingerprint density at radius 2 is 2.00 bits per heavy atom. The number of carbonyl (C=O) groups excluding carboxylic acids is 2. The fraction of sp³-hybridized carbons (Fsp3) is 0.818. The van der Waals surface area contributed by atoms with Gasteiger partial charge in [-0.15, -0.1) is 0 Å². The average Bonchev–Trinajstić information content (AvgIpc) is 2.16. The molecule has 4 N–H and O–H groups in total. The summed E-state index contributed by atoms with van der Waals surface area (Å²) in [4.78, 5) is 22.1. The van der Waals surface area contributed by atoms with Crippen molar-refractivity contribution in [2.24, 2.45) is 11.7 Å². The van der Waals surface area contributed by atoms with Crippen LogP contribution in [0.4, 0.5) is 0 Å². The molecule has 0 bridgehead atoms. The number of amides is 1. The second-order valence-corrected chi connectivity index (χ2v) is 4.20. The topological polar surface area (TPSA) is 102 Å². The Bertz CT molecular complexity index is 256. The van der Waals surface area contributed by atoms with Crippen molar-refractivity contribution in [3.8, 4) is 0 Å². The maximum absolute atomic E-state index is 11.1. The lowest BCUT2D eigenvalue weighted by atomic mass is 10.0. The number of hydrogen-bond acceptors (Lipinski definition) is 5. The molecule has 0 saturated carbocycles. The third kappa shape index (κ3) is 6.91. The highest BCUT2D eigenvalue weighted by Gasteiger charge is 2.20. The van der Waals surface area contributed by atoms with E-state index >= 15 is 0 Å². The maximum atomic E-state index is 11.1. The molecule has 0 aliphatic rings. The summed E-state index contributed by atoms with van der Waals surface area (Å²) < 4.78 is 4.70. The lowest BCUT2D eigenvalue weighted by Crippen LogP contribution is -2.47. The van der Waals surface area contributed by atoms with Crippen LogP contribution in [0.15, 0.2) is 0 Å². The van der Waals surface area contributed by atoms with Gasteiger partial charge in [-0.2, -0.15) is 0 Å². The van der Waals surface area contributed by atoms with Gasteiger partial charge in [-0.25, -0.2) is 0 Å². The van der Waals surface area contributed by atoms with Gasteiger partial charge >= 0.3 is 5.97 Å². The Balaban J connectivity index is 4.00. The first kappa shape index (κ1) is 15.9. The highest BCUT2D eigenvalue weighted by Crippen LogP contribution is 2.01. The monoisotopic (exact) mass is 246 g/mol. The molecule has 0 fully saturated rings. The minimum Gasteiger partial charge on any atom is -0.466 e. The minimum absolute atomic E-state index is 0.0299. The van der Waals surface area contributed by atoms with Crippen LogP contribution in [0.3, 0.4) is 0 Å². The number of hydrogen-bond donors (Lipinski definition) is 3. The number of aliphatic hydroxyl groups excluding tert-OH is 1. The van der Waals surface area contributed by atoms with Gasteiger partial charge in [0.1, 0.15) is 0 Å². The molecule has 0 spiro atoms. The molecular weight excluding hydrogens is 224 g/mol. The van der Waals surface area contributed by atoms with E-state index in [4.69, 9.17) is 10.5 Å². The smallest absolute Gasteiger partial charge is 0.308 e. The standard InChI is InChI=1S/C11H22N2O4/c1-4-17-9(15)5-8(14)6-13-10(7(2)3)11(12)16/h7-8,10,13-14H,4-6H2,1-3H3,(H2,12,16). The van der Waals surface area contributed by atoms with E-state index in [1.807, 2.05) is 13.8 Å². The van der Waals surface area contributed by atoms with E-state index in [2.05, 4.69) is 5.32 Å². The quantitative estimate of drug-likeness (QED) is 0.496. The molecule has 6 heteroatoms. The minimum atomic E-state index is -0.880. The Labute approximate surface area is 102 Å². The second-order valence-electron chi connectivity index (χ2n) is 4.20. The Morgan fingerprint density at radius 1 is 1.41 bits per heavy atom. The van der Waals surface area contributed by atoms with Crippen LogP contribution in [0, 0.1) is 5.92 Å². The molecule has 0 aromatic carbocycles. The summed E-state index contributed by atoms with van der Waals surface area (Å²) in [5, 5.41) is 12.4. The molecular formula is C11H22N2O4. The van der Waals surface area contributed by atoms with Gasteiger partial charge in [0.05, 0.1) is 25.2 Å². The van der Waals surface area contributed by atoms with Gasteiger partial charge < -0.3 is 20.9 Å². The zero-order chi connectivity index (χ0) is 13.4. The fourth-order valence-electron chi connectivity index (χ4n) is 1.41. The van der Waals surface area contributed by atoms with Crippen LogP contribution >= 0.6 is 0 Å². The average molecular weight is 246 g/mol. The number of nitrogens with one attached hydrogen (secondary N) is 1. The SMILES string of the molecule is CCOC(=O)CC(O)CNC(C(N)=O)C(C)C. The summed E-state index contributed by atoms with van der Waals surface area (Å²) in [5.41, 5.74) is 5.20. The predicted molar refractivity (Wildman–Crippen MR) is 63.1 cm³/mol. The zero-order valence-electron chi connectivity index (χ0n) is 10.6. The highest BCUT2D eigenvalue weighted by atomic mass is 16.5. The van der Waals surface area contributed by atoms with Crippen molar-refractivity contribution in [3.05, 3.63) is 0 Å². The van der Waals surface area contributed by atoms with Gasteiger partial charge in [0.15, 0.2) is 0 Å². The van der Waals surface area contributed by atoms with E-state index in [-0.39, 0.29) is 25.5 Å². The van der Waals surface area contributed by atoms with E-state index in [1.165, 1.54) is 0 Å². The van der Waals surface area contributed by atoms with Crippen molar-refractivity contribution >= 4 is 11.9 Å². The van der Waals surface area contributed by atoms with Gasteiger partial charge in [0.2, 0.25) is 5.91 Å². The van der Waals surface area contributed by atoms with E-state index in [9.17, 15) is 14.7 Å². The van der Waals surface area contributed by atoms with Crippen molar-refractivity contribution in [2.45, 2.75) is 39.3 Å². The molecule has 0 saturated heterocycles. The van der Waals surface area contributed by atoms with Gasteiger partial charge in [-0.3, -0.25) is 9.59 Å². The third-order valence-corrected chi connectivity index (χ3v) is 2.25. The van der Waals surface area contributed by atoms with Crippen molar-refractivity contribution in [2.75, 3.05) is 13.2 Å². The molecule has 2 atom stereocenters. The lowest BCUT2D eigenvalue weighted by Gasteiger charge is -2.20.